The number of Topliss-reactive ketones (excluding diaryl/α,β-unsaturated/α-hetero) is 1. The summed E-state index contributed by atoms with van der Waals surface area (Å²) < 4.78 is 4.83. The summed E-state index contributed by atoms with van der Waals surface area (Å²) in [6.45, 7) is 0. The summed E-state index contributed by atoms with van der Waals surface area (Å²) in [5.41, 5.74) is -0.137. The first kappa shape index (κ1) is 13.2. The third-order valence-electron chi connectivity index (χ3n) is 2.80. The van der Waals surface area contributed by atoms with Gasteiger partial charge in [0.2, 0.25) is 11.6 Å². The number of rotatable bonds is 3. The molecule has 9 heteroatoms. The van der Waals surface area contributed by atoms with Gasteiger partial charge in [0.1, 0.15) is 11.4 Å². The first-order valence-corrected chi connectivity index (χ1v) is 6.53. The molecule has 0 unspecified atom stereocenters. The van der Waals surface area contributed by atoms with E-state index in [2.05, 4.69) is 15.0 Å². The SMILES string of the molecule is COC1=CC(=O)c2nc(-c3nc(C(=O)O)cs3)[nH]c2C1=O. The number of ketones is 2. The molecule has 1 aliphatic carbocycles. The van der Waals surface area contributed by atoms with E-state index in [0.29, 0.717) is 0 Å². The number of carbonyl (C=O) groups is 3. The number of imidazole rings is 1. The number of aromatic carboxylic acids is 1. The molecule has 0 fully saturated rings. The highest BCUT2D eigenvalue weighted by Crippen LogP contribution is 2.26. The Balaban J connectivity index is 2.05. The van der Waals surface area contributed by atoms with Gasteiger partial charge < -0.3 is 14.8 Å². The molecule has 0 saturated heterocycles. The number of methoxy groups -OCH3 is 1. The average Bonchev–Trinajstić information content (AvgIpc) is 3.08. The maximum absolute atomic E-state index is 12.0. The Morgan fingerprint density at radius 1 is 1.38 bits per heavy atom. The van der Waals surface area contributed by atoms with Gasteiger partial charge >= 0.3 is 5.97 Å². The van der Waals surface area contributed by atoms with Gasteiger partial charge in [0.15, 0.2) is 22.3 Å². The number of carbonyl (C=O) groups excluding carboxylic acids is 2. The highest BCUT2D eigenvalue weighted by atomic mass is 32.1. The van der Waals surface area contributed by atoms with Crippen LogP contribution < -0.4 is 0 Å². The molecule has 0 aromatic carbocycles. The van der Waals surface area contributed by atoms with E-state index in [-0.39, 0.29) is 33.7 Å². The van der Waals surface area contributed by atoms with Gasteiger partial charge in [-0.05, 0) is 0 Å². The van der Waals surface area contributed by atoms with Crippen molar-refractivity contribution >= 4 is 28.9 Å². The molecule has 3 rings (SSSR count). The Bertz CT molecular complexity index is 817. The van der Waals surface area contributed by atoms with Crippen molar-refractivity contribution in [3.63, 3.8) is 0 Å². The predicted molar refractivity (Wildman–Crippen MR) is 70.4 cm³/mol. The lowest BCUT2D eigenvalue weighted by Crippen LogP contribution is -2.17. The number of nitrogens with one attached hydrogen (secondary N) is 1. The first-order chi connectivity index (χ1) is 10.0. The van der Waals surface area contributed by atoms with E-state index in [1.807, 2.05) is 0 Å². The second-order valence-electron chi connectivity index (χ2n) is 4.06. The number of aromatic amines is 1. The summed E-state index contributed by atoms with van der Waals surface area (Å²) in [5.74, 6) is -2.01. The van der Waals surface area contributed by atoms with Gasteiger partial charge in [-0.3, -0.25) is 9.59 Å². The van der Waals surface area contributed by atoms with Crippen LogP contribution in [-0.2, 0) is 4.74 Å². The Hall–Kier alpha value is -2.81. The second-order valence-corrected chi connectivity index (χ2v) is 4.92. The van der Waals surface area contributed by atoms with Crippen LogP contribution in [0.15, 0.2) is 17.2 Å². The maximum atomic E-state index is 12.0. The van der Waals surface area contributed by atoms with E-state index in [4.69, 9.17) is 9.84 Å². The molecule has 0 aliphatic heterocycles. The van der Waals surface area contributed by atoms with Gasteiger partial charge in [0.05, 0.1) is 7.11 Å². The van der Waals surface area contributed by atoms with E-state index in [1.165, 1.54) is 12.5 Å². The minimum Gasteiger partial charge on any atom is -0.492 e. The minimum absolute atomic E-state index is 0.0152. The molecule has 0 atom stereocenters. The van der Waals surface area contributed by atoms with Crippen LogP contribution in [0.3, 0.4) is 0 Å². The van der Waals surface area contributed by atoms with Crippen molar-refractivity contribution in [2.24, 2.45) is 0 Å². The smallest absolute Gasteiger partial charge is 0.355 e. The molecule has 2 N–H and O–H groups in total. The summed E-state index contributed by atoms with van der Waals surface area (Å²) in [5, 5.41) is 10.5. The Kier molecular flexibility index (Phi) is 2.91. The number of allylic oxidation sites excluding steroid dienone is 2. The number of hydrogen-bond acceptors (Lipinski definition) is 7. The molecule has 8 nitrogen and oxygen atoms in total. The van der Waals surface area contributed by atoms with Crippen LogP contribution in [0, 0.1) is 0 Å². The van der Waals surface area contributed by atoms with Crippen molar-refractivity contribution in [1.29, 1.82) is 0 Å². The molecule has 0 spiro atoms. The van der Waals surface area contributed by atoms with E-state index in [0.717, 1.165) is 17.4 Å². The standard InChI is InChI=1S/C12H7N3O5S/c1-20-6-2-5(16)7-8(9(6)17)15-10(14-7)11-13-4(3-21-11)12(18)19/h2-3H,1H3,(H,14,15)(H,18,19). The van der Waals surface area contributed by atoms with Crippen molar-refractivity contribution in [3.8, 4) is 10.8 Å². The fourth-order valence-corrected chi connectivity index (χ4v) is 2.56. The topological polar surface area (TPSA) is 122 Å². The summed E-state index contributed by atoms with van der Waals surface area (Å²) in [7, 11) is 1.29. The summed E-state index contributed by atoms with van der Waals surface area (Å²) >= 11 is 1.05. The number of carboxylic acid groups (broad SMARTS) is 1. The monoisotopic (exact) mass is 305 g/mol. The van der Waals surface area contributed by atoms with Crippen LogP contribution in [-0.4, -0.2) is 44.7 Å². The Morgan fingerprint density at radius 2 is 2.14 bits per heavy atom. The molecule has 2 aromatic heterocycles. The number of aromatic nitrogens is 3. The van der Waals surface area contributed by atoms with Gasteiger partial charge in [-0.1, -0.05) is 0 Å². The van der Waals surface area contributed by atoms with E-state index < -0.39 is 17.5 Å². The van der Waals surface area contributed by atoms with Crippen molar-refractivity contribution in [2.45, 2.75) is 0 Å². The van der Waals surface area contributed by atoms with Crippen LogP contribution in [0.25, 0.3) is 10.8 Å². The number of ether oxygens (including phenoxy) is 1. The molecule has 2 aromatic rings. The number of carboxylic acids is 1. The van der Waals surface area contributed by atoms with Crippen LogP contribution >= 0.6 is 11.3 Å². The molecule has 0 radical (unpaired) electrons. The normalized spacial score (nSPS) is 13.9. The molecule has 0 bridgehead atoms. The molecule has 0 amide bonds. The number of nitrogens with zero attached hydrogens (tertiary/aromatic N) is 2. The zero-order valence-corrected chi connectivity index (χ0v) is 11.4. The molecule has 0 saturated carbocycles. The Morgan fingerprint density at radius 3 is 2.76 bits per heavy atom. The van der Waals surface area contributed by atoms with Crippen LogP contribution in [0.2, 0.25) is 0 Å². The lowest BCUT2D eigenvalue weighted by Gasteiger charge is -2.08. The van der Waals surface area contributed by atoms with E-state index in [9.17, 15) is 14.4 Å². The van der Waals surface area contributed by atoms with Gasteiger partial charge in [-0.25, -0.2) is 14.8 Å². The molecule has 106 valence electrons. The highest BCUT2D eigenvalue weighted by Gasteiger charge is 2.31. The average molecular weight is 305 g/mol. The minimum atomic E-state index is -1.16. The molecular weight excluding hydrogens is 298 g/mol. The largest absolute Gasteiger partial charge is 0.492 e. The van der Waals surface area contributed by atoms with Crippen molar-refractivity contribution in [1.82, 2.24) is 15.0 Å². The fraction of sp³-hybridized carbons (Fsp3) is 0.0833. The van der Waals surface area contributed by atoms with Gasteiger partial charge in [-0.15, -0.1) is 11.3 Å². The van der Waals surface area contributed by atoms with Crippen molar-refractivity contribution < 1.29 is 24.2 Å². The Labute approximate surface area is 121 Å². The number of thiazole rings is 1. The summed E-state index contributed by atoms with van der Waals surface area (Å²) in [6, 6.07) is 0. The molecular formula is C12H7N3O5S. The quantitative estimate of drug-likeness (QED) is 0.871. The number of H-pyrrole nitrogens is 1. The molecule has 21 heavy (non-hydrogen) atoms. The third kappa shape index (κ3) is 2.03. The van der Waals surface area contributed by atoms with Gasteiger partial charge in [0.25, 0.3) is 0 Å². The van der Waals surface area contributed by atoms with E-state index in [1.54, 1.807) is 0 Å². The summed E-state index contributed by atoms with van der Waals surface area (Å²) in [4.78, 5) is 45.3. The second kappa shape index (κ2) is 4.63. The highest BCUT2D eigenvalue weighted by molar-refractivity contribution is 7.13. The van der Waals surface area contributed by atoms with Crippen molar-refractivity contribution in [3.05, 3.63) is 34.3 Å². The van der Waals surface area contributed by atoms with Gasteiger partial charge in [0, 0.05) is 11.5 Å². The number of hydrogen-bond donors (Lipinski definition) is 2. The predicted octanol–water partition coefficient (Wildman–Crippen LogP) is 1.14. The fourth-order valence-electron chi connectivity index (χ4n) is 1.83. The lowest BCUT2D eigenvalue weighted by molar-refractivity contribution is 0.0691. The van der Waals surface area contributed by atoms with Gasteiger partial charge in [-0.2, -0.15) is 0 Å². The van der Waals surface area contributed by atoms with Crippen molar-refractivity contribution in [2.75, 3.05) is 7.11 Å². The van der Waals surface area contributed by atoms with E-state index >= 15 is 0 Å². The maximum Gasteiger partial charge on any atom is 0.355 e. The zero-order valence-electron chi connectivity index (χ0n) is 10.5. The molecule has 1 aliphatic rings. The van der Waals surface area contributed by atoms with Crippen LogP contribution in [0.5, 0.6) is 0 Å². The van der Waals surface area contributed by atoms with Crippen LogP contribution in [0.1, 0.15) is 31.5 Å². The molecule has 2 heterocycles. The van der Waals surface area contributed by atoms with Crippen LogP contribution in [0.4, 0.5) is 0 Å². The lowest BCUT2D eigenvalue weighted by atomic mass is 10.0. The first-order valence-electron chi connectivity index (χ1n) is 5.65. The third-order valence-corrected chi connectivity index (χ3v) is 3.65. The zero-order chi connectivity index (χ0) is 15.1. The summed E-state index contributed by atoms with van der Waals surface area (Å²) in [6.07, 6.45) is 1.07. The number of fused-ring (bicyclic) bond motifs is 1.